The molecule has 2 atom stereocenters. The molecule has 7 heteroatoms. The number of rotatable bonds is 5. The van der Waals surface area contributed by atoms with Gasteiger partial charge in [0.25, 0.3) is 5.91 Å². The summed E-state index contributed by atoms with van der Waals surface area (Å²) in [4.78, 5) is 19.4. The van der Waals surface area contributed by atoms with Crippen LogP contribution in [-0.2, 0) is 9.53 Å². The average molecular weight is 391 g/mol. The summed E-state index contributed by atoms with van der Waals surface area (Å²) in [6.45, 7) is 10.6. The fourth-order valence-corrected chi connectivity index (χ4v) is 4.11. The van der Waals surface area contributed by atoms with Crippen LogP contribution in [0.2, 0.25) is 0 Å². The Labute approximate surface area is 164 Å². The lowest BCUT2D eigenvalue weighted by molar-refractivity contribution is -0.113. The lowest BCUT2D eigenvalue weighted by Crippen LogP contribution is -2.47. The van der Waals surface area contributed by atoms with Crippen LogP contribution >= 0.6 is 11.8 Å². The van der Waals surface area contributed by atoms with Gasteiger partial charge >= 0.3 is 0 Å². The molecule has 0 aliphatic carbocycles. The van der Waals surface area contributed by atoms with E-state index < -0.39 is 0 Å². The first kappa shape index (κ1) is 19.8. The zero-order valence-electron chi connectivity index (χ0n) is 16.2. The first-order valence-electron chi connectivity index (χ1n) is 9.32. The fraction of sp³-hybridized carbons (Fsp3) is 0.500. The quantitative estimate of drug-likeness (QED) is 0.717. The second-order valence-electron chi connectivity index (χ2n) is 6.54. The van der Waals surface area contributed by atoms with Crippen molar-refractivity contribution in [2.45, 2.75) is 39.9 Å². The van der Waals surface area contributed by atoms with Crippen molar-refractivity contribution in [1.82, 2.24) is 4.90 Å². The van der Waals surface area contributed by atoms with Crippen molar-refractivity contribution >= 4 is 28.9 Å². The maximum absolute atomic E-state index is 12.4. The molecule has 2 heterocycles. The summed E-state index contributed by atoms with van der Waals surface area (Å²) in [6.07, 6.45) is 2.11. The Morgan fingerprint density at radius 3 is 2.52 bits per heavy atom. The van der Waals surface area contributed by atoms with Crippen molar-refractivity contribution in [3.05, 3.63) is 28.7 Å². The second kappa shape index (κ2) is 8.80. The highest BCUT2D eigenvalue weighted by Gasteiger charge is 2.31. The van der Waals surface area contributed by atoms with E-state index in [4.69, 9.17) is 14.2 Å². The van der Waals surface area contributed by atoms with E-state index in [1.807, 2.05) is 52.0 Å². The molecule has 1 saturated heterocycles. The molecule has 1 amide bonds. The van der Waals surface area contributed by atoms with Gasteiger partial charge in [0.05, 0.1) is 30.3 Å². The van der Waals surface area contributed by atoms with Gasteiger partial charge in [0.1, 0.15) is 0 Å². The van der Waals surface area contributed by atoms with Crippen LogP contribution in [-0.4, -0.2) is 54.5 Å². The molecule has 0 saturated carbocycles. The first-order valence-corrected chi connectivity index (χ1v) is 10.1. The molecule has 2 aliphatic rings. The number of carbonyl (C=O) groups is 1. The van der Waals surface area contributed by atoms with Crippen LogP contribution in [0, 0.1) is 0 Å². The highest BCUT2D eigenvalue weighted by Crippen LogP contribution is 2.34. The summed E-state index contributed by atoms with van der Waals surface area (Å²) in [7, 11) is 0. The molecule has 1 aromatic carbocycles. The Morgan fingerprint density at radius 1 is 1.19 bits per heavy atom. The van der Waals surface area contributed by atoms with Crippen molar-refractivity contribution in [2.75, 3.05) is 26.3 Å². The molecule has 1 aromatic rings. The van der Waals surface area contributed by atoms with Crippen LogP contribution in [0.15, 0.2) is 28.1 Å². The number of hydrogen-bond donors (Lipinski definition) is 0. The highest BCUT2D eigenvalue weighted by molar-refractivity contribution is 8.18. The molecule has 6 nitrogen and oxygen atoms in total. The van der Waals surface area contributed by atoms with Gasteiger partial charge in [-0.05, 0) is 63.2 Å². The number of morpholine rings is 1. The predicted molar refractivity (Wildman–Crippen MR) is 108 cm³/mol. The average Bonchev–Trinajstić information content (AvgIpc) is 2.97. The molecule has 2 aliphatic heterocycles. The molecule has 0 unspecified atom stereocenters. The third kappa shape index (κ3) is 4.84. The van der Waals surface area contributed by atoms with E-state index in [1.54, 1.807) is 0 Å². The summed E-state index contributed by atoms with van der Waals surface area (Å²) < 4.78 is 17.0. The molecule has 0 spiro atoms. The summed E-state index contributed by atoms with van der Waals surface area (Å²) >= 11 is 1.42. The number of amides is 1. The zero-order valence-corrected chi connectivity index (χ0v) is 17.0. The minimum Gasteiger partial charge on any atom is -0.490 e. The fourth-order valence-electron chi connectivity index (χ4n) is 3.18. The van der Waals surface area contributed by atoms with Gasteiger partial charge in [0.15, 0.2) is 16.7 Å². The van der Waals surface area contributed by atoms with Gasteiger partial charge in [-0.25, -0.2) is 0 Å². The van der Waals surface area contributed by atoms with Gasteiger partial charge in [0, 0.05) is 13.1 Å². The number of hydrogen-bond acceptors (Lipinski definition) is 6. The molecule has 1 fully saturated rings. The van der Waals surface area contributed by atoms with E-state index in [-0.39, 0.29) is 18.1 Å². The van der Waals surface area contributed by atoms with Gasteiger partial charge in [0.2, 0.25) is 0 Å². The van der Waals surface area contributed by atoms with Crippen LogP contribution in [0.3, 0.4) is 0 Å². The number of amidine groups is 1. The topological polar surface area (TPSA) is 60.4 Å². The third-order valence-corrected chi connectivity index (χ3v) is 5.21. The molecule has 0 radical (unpaired) electrons. The molecule has 0 N–H and O–H groups in total. The summed E-state index contributed by atoms with van der Waals surface area (Å²) in [5, 5.41) is 0.754. The van der Waals surface area contributed by atoms with Gasteiger partial charge < -0.3 is 19.1 Å². The van der Waals surface area contributed by atoms with Gasteiger partial charge in [-0.15, -0.1) is 0 Å². The standard InChI is InChI=1S/C20H26N2O4S/c1-5-24-16-8-7-15(9-17(16)25-6-2)10-18-19(23)21-20(27-18)22-11-13(3)26-14(4)12-22/h7-10,13-14H,5-6,11-12H2,1-4H3/b18-10-/t13-,14-/m0/s1. The highest BCUT2D eigenvalue weighted by atomic mass is 32.2. The number of nitrogens with zero attached hydrogens (tertiary/aromatic N) is 2. The lowest BCUT2D eigenvalue weighted by atomic mass is 10.2. The number of carbonyl (C=O) groups excluding carboxylic acids is 1. The molecule has 146 valence electrons. The number of benzene rings is 1. The Morgan fingerprint density at radius 2 is 1.85 bits per heavy atom. The zero-order chi connectivity index (χ0) is 19.4. The maximum Gasteiger partial charge on any atom is 0.286 e. The molecular formula is C20H26N2O4S. The summed E-state index contributed by atoms with van der Waals surface area (Å²) in [5.74, 6) is 1.19. The van der Waals surface area contributed by atoms with Crippen molar-refractivity contribution in [3.63, 3.8) is 0 Å². The van der Waals surface area contributed by atoms with Crippen molar-refractivity contribution in [3.8, 4) is 11.5 Å². The van der Waals surface area contributed by atoms with Crippen LogP contribution in [0.1, 0.15) is 33.3 Å². The van der Waals surface area contributed by atoms with E-state index in [0.29, 0.717) is 29.6 Å². The SMILES string of the molecule is CCOc1ccc(/C=C2\SC(N3C[C@H](C)O[C@@H](C)C3)=NC2=O)cc1OCC. The predicted octanol–water partition coefficient (Wildman–Crippen LogP) is 3.56. The molecule has 3 rings (SSSR count). The Hall–Kier alpha value is -1.99. The van der Waals surface area contributed by atoms with Crippen LogP contribution in [0.5, 0.6) is 11.5 Å². The minimum atomic E-state index is -0.200. The molecular weight excluding hydrogens is 364 g/mol. The second-order valence-corrected chi connectivity index (χ2v) is 7.55. The number of aliphatic imine (C=N–C) groups is 1. The maximum atomic E-state index is 12.4. The Bertz CT molecular complexity index is 752. The van der Waals surface area contributed by atoms with Crippen LogP contribution in [0.4, 0.5) is 0 Å². The number of thioether (sulfide) groups is 1. The number of ether oxygens (including phenoxy) is 3. The van der Waals surface area contributed by atoms with E-state index in [9.17, 15) is 4.79 Å². The molecule has 27 heavy (non-hydrogen) atoms. The third-order valence-electron chi connectivity index (χ3n) is 4.16. The summed E-state index contributed by atoms with van der Waals surface area (Å²) in [6, 6.07) is 5.69. The van der Waals surface area contributed by atoms with Crippen molar-refractivity contribution < 1.29 is 19.0 Å². The minimum absolute atomic E-state index is 0.125. The lowest BCUT2D eigenvalue weighted by Gasteiger charge is -2.35. The van der Waals surface area contributed by atoms with Gasteiger partial charge in [-0.3, -0.25) is 4.79 Å². The van der Waals surface area contributed by atoms with Crippen LogP contribution < -0.4 is 9.47 Å². The van der Waals surface area contributed by atoms with Crippen LogP contribution in [0.25, 0.3) is 6.08 Å². The normalized spacial score (nSPS) is 24.3. The monoisotopic (exact) mass is 390 g/mol. The van der Waals surface area contributed by atoms with E-state index in [0.717, 1.165) is 23.8 Å². The molecule has 0 bridgehead atoms. The van der Waals surface area contributed by atoms with Gasteiger partial charge in [-0.1, -0.05) is 6.07 Å². The van der Waals surface area contributed by atoms with Gasteiger partial charge in [-0.2, -0.15) is 4.99 Å². The van der Waals surface area contributed by atoms with E-state index in [2.05, 4.69) is 9.89 Å². The first-order chi connectivity index (χ1) is 13.0. The largest absolute Gasteiger partial charge is 0.490 e. The van der Waals surface area contributed by atoms with E-state index in [1.165, 1.54) is 11.8 Å². The Balaban J connectivity index is 1.76. The molecule has 0 aromatic heterocycles. The van der Waals surface area contributed by atoms with E-state index >= 15 is 0 Å². The van der Waals surface area contributed by atoms with Crippen molar-refractivity contribution in [2.24, 2.45) is 4.99 Å². The van der Waals surface area contributed by atoms with Crippen molar-refractivity contribution in [1.29, 1.82) is 0 Å². The summed E-state index contributed by atoms with van der Waals surface area (Å²) in [5.41, 5.74) is 0.887. The Kier molecular flexibility index (Phi) is 6.44. The smallest absolute Gasteiger partial charge is 0.286 e.